The molecule has 1 unspecified atom stereocenters. The van der Waals surface area contributed by atoms with E-state index in [0.717, 1.165) is 0 Å². The van der Waals surface area contributed by atoms with E-state index in [4.69, 9.17) is 24.1 Å². The number of hydrogen-bond acceptors (Lipinski definition) is 7. The van der Waals surface area contributed by atoms with E-state index in [9.17, 15) is 5.11 Å². The topological polar surface area (TPSA) is 89.4 Å². The molecule has 0 aromatic carbocycles. The van der Waals surface area contributed by atoms with E-state index < -0.39 is 6.23 Å². The fourth-order valence-corrected chi connectivity index (χ4v) is 1.17. The van der Waals surface area contributed by atoms with Gasteiger partial charge in [0.05, 0.1) is 59.5 Å². The predicted molar refractivity (Wildman–Crippen MR) is 70.0 cm³/mol. The fraction of sp³-hybridized carbons (Fsp3) is 1.00. The van der Waals surface area contributed by atoms with Crippen molar-refractivity contribution in [2.24, 2.45) is 0 Å². The largest absolute Gasteiger partial charge is 0.394 e. The van der Waals surface area contributed by atoms with Gasteiger partial charge in [-0.25, -0.2) is 0 Å². The average molecular weight is 281 g/mol. The summed E-state index contributed by atoms with van der Waals surface area (Å²) in [7, 11) is 1.70. The molecule has 0 radical (unpaired) electrons. The van der Waals surface area contributed by atoms with E-state index in [1.54, 1.807) is 7.05 Å². The highest BCUT2D eigenvalue weighted by atomic mass is 16.6. The van der Waals surface area contributed by atoms with E-state index in [2.05, 4.69) is 5.32 Å². The van der Waals surface area contributed by atoms with Crippen molar-refractivity contribution >= 4 is 0 Å². The van der Waals surface area contributed by atoms with E-state index in [-0.39, 0.29) is 6.61 Å². The third-order valence-corrected chi connectivity index (χ3v) is 2.22. The van der Waals surface area contributed by atoms with E-state index in [0.29, 0.717) is 59.3 Å². The Balaban J connectivity index is 2.95. The first-order valence-corrected chi connectivity index (χ1v) is 6.58. The van der Waals surface area contributed by atoms with Gasteiger partial charge < -0.3 is 29.2 Å². The van der Waals surface area contributed by atoms with Gasteiger partial charge in [-0.05, 0) is 7.05 Å². The van der Waals surface area contributed by atoms with Gasteiger partial charge in [-0.3, -0.25) is 5.32 Å². The first-order valence-electron chi connectivity index (χ1n) is 6.58. The summed E-state index contributed by atoms with van der Waals surface area (Å²) in [4.78, 5) is 0. The standard InChI is InChI=1S/C12H27NO6/c1-13-12(15)2-4-16-6-8-18-10-11-19-9-7-17-5-3-14/h12-15H,2-11H2,1H3. The quantitative estimate of drug-likeness (QED) is 0.261. The van der Waals surface area contributed by atoms with E-state index in [1.807, 2.05) is 0 Å². The monoisotopic (exact) mass is 281 g/mol. The minimum atomic E-state index is -0.512. The Bertz CT molecular complexity index is 172. The van der Waals surface area contributed by atoms with Crippen LogP contribution in [0.3, 0.4) is 0 Å². The SMILES string of the molecule is CNC(O)CCOCCOCCOCCOCCO. The summed E-state index contributed by atoms with van der Waals surface area (Å²) >= 11 is 0. The molecule has 0 bridgehead atoms. The molecule has 0 aromatic heterocycles. The van der Waals surface area contributed by atoms with Crippen LogP contribution in [0.5, 0.6) is 0 Å². The summed E-state index contributed by atoms with van der Waals surface area (Å²) in [6.45, 7) is 3.93. The minimum Gasteiger partial charge on any atom is -0.394 e. The van der Waals surface area contributed by atoms with Crippen molar-refractivity contribution in [3.8, 4) is 0 Å². The lowest BCUT2D eigenvalue weighted by Crippen LogP contribution is -2.26. The normalized spacial score (nSPS) is 12.8. The van der Waals surface area contributed by atoms with Gasteiger partial charge in [0, 0.05) is 6.42 Å². The minimum absolute atomic E-state index is 0.0362. The van der Waals surface area contributed by atoms with Gasteiger partial charge >= 0.3 is 0 Å². The molecule has 0 saturated heterocycles. The Morgan fingerprint density at radius 3 is 1.63 bits per heavy atom. The fourth-order valence-electron chi connectivity index (χ4n) is 1.17. The zero-order chi connectivity index (χ0) is 14.2. The van der Waals surface area contributed by atoms with Gasteiger partial charge in [0.15, 0.2) is 0 Å². The highest BCUT2D eigenvalue weighted by Gasteiger charge is 1.98. The molecule has 0 aliphatic heterocycles. The van der Waals surface area contributed by atoms with E-state index in [1.165, 1.54) is 0 Å². The summed E-state index contributed by atoms with van der Waals surface area (Å²) in [5.74, 6) is 0. The molecule has 0 amide bonds. The summed E-state index contributed by atoms with van der Waals surface area (Å²) in [6.07, 6.45) is 0.0513. The molecule has 0 heterocycles. The number of aliphatic hydroxyl groups is 2. The lowest BCUT2D eigenvalue weighted by molar-refractivity contribution is -0.00911. The Hall–Kier alpha value is -0.280. The zero-order valence-corrected chi connectivity index (χ0v) is 11.7. The highest BCUT2D eigenvalue weighted by molar-refractivity contribution is 4.46. The maximum Gasteiger partial charge on any atom is 0.106 e. The molecule has 0 rings (SSSR count). The number of hydrogen-bond donors (Lipinski definition) is 3. The second kappa shape index (κ2) is 15.8. The molecule has 0 aliphatic rings. The smallest absolute Gasteiger partial charge is 0.106 e. The van der Waals surface area contributed by atoms with Crippen molar-refractivity contribution in [1.29, 1.82) is 0 Å². The van der Waals surface area contributed by atoms with Crippen molar-refractivity contribution in [2.75, 3.05) is 66.5 Å². The molecule has 0 aromatic rings. The van der Waals surface area contributed by atoms with Crippen molar-refractivity contribution in [3.05, 3.63) is 0 Å². The Kier molecular flexibility index (Phi) is 15.5. The van der Waals surface area contributed by atoms with Crippen LogP contribution >= 0.6 is 0 Å². The van der Waals surface area contributed by atoms with Crippen LogP contribution in [0.25, 0.3) is 0 Å². The van der Waals surface area contributed by atoms with Gasteiger partial charge in [0.25, 0.3) is 0 Å². The number of rotatable bonds is 15. The molecule has 3 N–H and O–H groups in total. The van der Waals surface area contributed by atoms with Gasteiger partial charge in [-0.2, -0.15) is 0 Å². The molecule has 7 nitrogen and oxygen atoms in total. The molecule has 0 fully saturated rings. The molecular formula is C12H27NO6. The van der Waals surface area contributed by atoms with Gasteiger partial charge in [0.1, 0.15) is 6.23 Å². The molecule has 0 aliphatic carbocycles. The van der Waals surface area contributed by atoms with Crippen LogP contribution < -0.4 is 5.32 Å². The summed E-state index contributed by atoms with van der Waals surface area (Å²) in [6, 6.07) is 0. The third kappa shape index (κ3) is 15.7. The Morgan fingerprint density at radius 1 is 0.789 bits per heavy atom. The van der Waals surface area contributed by atoms with Crippen LogP contribution in [0.1, 0.15) is 6.42 Å². The van der Waals surface area contributed by atoms with Crippen LogP contribution in [0.2, 0.25) is 0 Å². The summed E-state index contributed by atoms with van der Waals surface area (Å²) in [5.41, 5.74) is 0. The molecule has 19 heavy (non-hydrogen) atoms. The maximum atomic E-state index is 9.17. The van der Waals surface area contributed by atoms with Crippen LogP contribution in [0, 0.1) is 0 Å². The average Bonchev–Trinajstić information content (AvgIpc) is 2.43. The summed E-state index contributed by atoms with van der Waals surface area (Å²) < 4.78 is 20.8. The second-order valence-corrected chi connectivity index (χ2v) is 3.77. The second-order valence-electron chi connectivity index (χ2n) is 3.77. The van der Waals surface area contributed by atoms with Crippen LogP contribution in [-0.2, 0) is 18.9 Å². The highest BCUT2D eigenvalue weighted by Crippen LogP contribution is 1.88. The Morgan fingerprint density at radius 2 is 1.21 bits per heavy atom. The van der Waals surface area contributed by atoms with Crippen molar-refractivity contribution < 1.29 is 29.2 Å². The van der Waals surface area contributed by atoms with Crippen LogP contribution in [0.15, 0.2) is 0 Å². The lowest BCUT2D eigenvalue weighted by Gasteiger charge is -2.09. The van der Waals surface area contributed by atoms with Gasteiger partial charge in [-0.1, -0.05) is 0 Å². The van der Waals surface area contributed by atoms with Crippen molar-refractivity contribution in [3.63, 3.8) is 0 Å². The first kappa shape index (κ1) is 18.7. The maximum absolute atomic E-state index is 9.17. The van der Waals surface area contributed by atoms with Crippen molar-refractivity contribution in [2.45, 2.75) is 12.6 Å². The molecule has 116 valence electrons. The zero-order valence-electron chi connectivity index (χ0n) is 11.7. The number of aliphatic hydroxyl groups excluding tert-OH is 2. The van der Waals surface area contributed by atoms with E-state index >= 15 is 0 Å². The van der Waals surface area contributed by atoms with Crippen molar-refractivity contribution in [1.82, 2.24) is 5.32 Å². The molecule has 0 spiro atoms. The van der Waals surface area contributed by atoms with Crippen LogP contribution in [0.4, 0.5) is 0 Å². The summed E-state index contributed by atoms with van der Waals surface area (Å²) in [5, 5.41) is 20.3. The first-order chi connectivity index (χ1) is 9.31. The predicted octanol–water partition coefficient (Wildman–Crippen LogP) is -1.03. The van der Waals surface area contributed by atoms with Gasteiger partial charge in [0.2, 0.25) is 0 Å². The third-order valence-electron chi connectivity index (χ3n) is 2.22. The molecular weight excluding hydrogens is 254 g/mol. The lowest BCUT2D eigenvalue weighted by atomic mass is 10.4. The van der Waals surface area contributed by atoms with Gasteiger partial charge in [-0.15, -0.1) is 0 Å². The number of ether oxygens (including phenoxy) is 4. The Labute approximate surface area is 114 Å². The molecule has 0 saturated carbocycles. The number of nitrogens with one attached hydrogen (secondary N) is 1. The molecule has 7 heteroatoms. The molecule has 1 atom stereocenters. The van der Waals surface area contributed by atoms with Crippen LogP contribution in [-0.4, -0.2) is 83.0 Å².